The zero-order chi connectivity index (χ0) is 16.8. The Balaban J connectivity index is 1.62. The Hall–Kier alpha value is -1.23. The van der Waals surface area contributed by atoms with Crippen LogP contribution in [-0.2, 0) is 17.7 Å². The SMILES string of the molecule is CCOCC1(CCc2ccsc2C)CCN(Cc2cccnc2)C1. The average molecular weight is 345 g/mol. The van der Waals surface area contributed by atoms with Crippen molar-refractivity contribution in [1.82, 2.24) is 9.88 Å². The second-order valence-electron chi connectivity index (χ2n) is 6.96. The number of likely N-dealkylation sites (tertiary alicyclic amines) is 1. The number of hydrogen-bond acceptors (Lipinski definition) is 4. The molecule has 1 aliphatic heterocycles. The smallest absolute Gasteiger partial charge is 0.0535 e. The summed E-state index contributed by atoms with van der Waals surface area (Å²) in [6.07, 6.45) is 7.45. The number of thiophene rings is 1. The Morgan fingerprint density at radius 2 is 2.29 bits per heavy atom. The van der Waals surface area contributed by atoms with Crippen LogP contribution in [0.15, 0.2) is 36.0 Å². The van der Waals surface area contributed by atoms with Gasteiger partial charge < -0.3 is 4.74 Å². The van der Waals surface area contributed by atoms with Crippen LogP contribution in [0.25, 0.3) is 0 Å². The van der Waals surface area contributed by atoms with Crippen LogP contribution in [-0.4, -0.2) is 36.2 Å². The van der Waals surface area contributed by atoms with Crippen LogP contribution in [0.2, 0.25) is 0 Å². The summed E-state index contributed by atoms with van der Waals surface area (Å²) in [6, 6.07) is 6.49. The summed E-state index contributed by atoms with van der Waals surface area (Å²) in [5, 5.41) is 2.21. The third-order valence-corrected chi connectivity index (χ3v) is 6.04. The molecule has 2 aromatic heterocycles. The fourth-order valence-corrected chi connectivity index (χ4v) is 4.45. The molecule has 1 aliphatic rings. The first kappa shape index (κ1) is 17.6. The monoisotopic (exact) mass is 344 g/mol. The Morgan fingerprint density at radius 1 is 1.38 bits per heavy atom. The number of rotatable bonds is 8. The van der Waals surface area contributed by atoms with Crippen molar-refractivity contribution in [2.24, 2.45) is 5.41 Å². The molecule has 3 heterocycles. The van der Waals surface area contributed by atoms with Gasteiger partial charge in [-0.25, -0.2) is 0 Å². The fourth-order valence-electron chi connectivity index (χ4n) is 3.70. The third-order valence-electron chi connectivity index (χ3n) is 5.15. The van der Waals surface area contributed by atoms with Crippen LogP contribution in [0.4, 0.5) is 0 Å². The number of nitrogens with zero attached hydrogens (tertiary/aromatic N) is 2. The van der Waals surface area contributed by atoms with Gasteiger partial charge in [-0.05, 0) is 68.3 Å². The summed E-state index contributed by atoms with van der Waals surface area (Å²) in [5.41, 5.74) is 3.12. The largest absolute Gasteiger partial charge is 0.381 e. The summed E-state index contributed by atoms with van der Waals surface area (Å²) < 4.78 is 5.88. The molecule has 0 bridgehead atoms. The molecule has 2 aromatic rings. The summed E-state index contributed by atoms with van der Waals surface area (Å²) in [7, 11) is 0. The van der Waals surface area contributed by atoms with Crippen molar-refractivity contribution in [3.63, 3.8) is 0 Å². The first-order valence-corrected chi connectivity index (χ1v) is 9.81. The first-order chi connectivity index (χ1) is 11.7. The maximum absolute atomic E-state index is 5.88. The van der Waals surface area contributed by atoms with E-state index in [2.05, 4.69) is 41.2 Å². The molecule has 0 saturated carbocycles. The summed E-state index contributed by atoms with van der Waals surface area (Å²) >= 11 is 1.86. The second-order valence-corrected chi connectivity index (χ2v) is 8.08. The maximum Gasteiger partial charge on any atom is 0.0535 e. The molecule has 1 unspecified atom stereocenters. The lowest BCUT2D eigenvalue weighted by Gasteiger charge is -2.29. The van der Waals surface area contributed by atoms with Gasteiger partial charge in [0.15, 0.2) is 0 Å². The lowest BCUT2D eigenvalue weighted by atomic mass is 9.82. The van der Waals surface area contributed by atoms with E-state index < -0.39 is 0 Å². The quantitative estimate of drug-likeness (QED) is 0.713. The van der Waals surface area contributed by atoms with Gasteiger partial charge in [0.1, 0.15) is 0 Å². The van der Waals surface area contributed by atoms with E-state index in [1.165, 1.54) is 35.3 Å². The summed E-state index contributed by atoms with van der Waals surface area (Å²) in [4.78, 5) is 8.27. The van der Waals surface area contributed by atoms with E-state index in [0.29, 0.717) is 5.41 Å². The van der Waals surface area contributed by atoms with Crippen molar-refractivity contribution in [3.05, 3.63) is 52.0 Å². The third kappa shape index (κ3) is 4.44. The second kappa shape index (κ2) is 8.24. The normalized spacial score (nSPS) is 21.4. The van der Waals surface area contributed by atoms with E-state index in [1.807, 2.05) is 29.8 Å². The van der Waals surface area contributed by atoms with Crippen LogP contribution >= 0.6 is 11.3 Å². The Bertz CT molecular complexity index is 628. The maximum atomic E-state index is 5.88. The van der Waals surface area contributed by atoms with Crippen molar-refractivity contribution >= 4 is 11.3 Å². The van der Waals surface area contributed by atoms with Crippen LogP contribution in [0, 0.1) is 12.3 Å². The zero-order valence-electron chi connectivity index (χ0n) is 14.8. The van der Waals surface area contributed by atoms with Crippen molar-refractivity contribution < 1.29 is 4.74 Å². The Morgan fingerprint density at radius 3 is 3.00 bits per heavy atom. The lowest BCUT2D eigenvalue weighted by Crippen LogP contribution is -2.32. The topological polar surface area (TPSA) is 25.4 Å². The molecule has 3 rings (SSSR count). The predicted molar refractivity (Wildman–Crippen MR) is 100 cm³/mol. The van der Waals surface area contributed by atoms with Crippen LogP contribution in [0.1, 0.15) is 35.8 Å². The Labute approximate surface area is 149 Å². The van der Waals surface area contributed by atoms with Gasteiger partial charge in [0.05, 0.1) is 6.61 Å². The highest BCUT2D eigenvalue weighted by molar-refractivity contribution is 7.10. The van der Waals surface area contributed by atoms with Crippen molar-refractivity contribution in [3.8, 4) is 0 Å². The first-order valence-electron chi connectivity index (χ1n) is 8.93. The minimum Gasteiger partial charge on any atom is -0.381 e. The zero-order valence-corrected chi connectivity index (χ0v) is 15.6. The molecule has 3 nitrogen and oxygen atoms in total. The van der Waals surface area contributed by atoms with Crippen molar-refractivity contribution in [2.45, 2.75) is 39.7 Å². The highest BCUT2D eigenvalue weighted by Crippen LogP contribution is 2.37. The van der Waals surface area contributed by atoms with Gasteiger partial charge in [0, 0.05) is 42.4 Å². The molecule has 0 N–H and O–H groups in total. The molecule has 1 saturated heterocycles. The van der Waals surface area contributed by atoms with Crippen molar-refractivity contribution in [2.75, 3.05) is 26.3 Å². The molecule has 0 aromatic carbocycles. The molecule has 0 aliphatic carbocycles. The van der Waals surface area contributed by atoms with Gasteiger partial charge in [-0.3, -0.25) is 9.88 Å². The predicted octanol–water partition coefficient (Wildman–Crippen LogP) is 4.31. The minimum absolute atomic E-state index is 0.298. The summed E-state index contributed by atoms with van der Waals surface area (Å²) in [6.45, 7) is 9.31. The van der Waals surface area contributed by atoms with E-state index >= 15 is 0 Å². The molecule has 1 fully saturated rings. The van der Waals surface area contributed by atoms with Crippen LogP contribution < -0.4 is 0 Å². The van der Waals surface area contributed by atoms with Gasteiger partial charge in [-0.15, -0.1) is 11.3 Å². The molecule has 24 heavy (non-hydrogen) atoms. The van der Waals surface area contributed by atoms with E-state index in [9.17, 15) is 0 Å². The molecule has 0 spiro atoms. The molecule has 0 radical (unpaired) electrons. The minimum atomic E-state index is 0.298. The number of pyridine rings is 1. The highest BCUT2D eigenvalue weighted by atomic mass is 32.1. The van der Waals surface area contributed by atoms with Crippen LogP contribution in [0.3, 0.4) is 0 Å². The van der Waals surface area contributed by atoms with Crippen molar-refractivity contribution in [1.29, 1.82) is 0 Å². The summed E-state index contributed by atoms with van der Waals surface area (Å²) in [5.74, 6) is 0. The fraction of sp³-hybridized carbons (Fsp3) is 0.550. The average Bonchev–Trinajstić information content (AvgIpc) is 3.19. The van der Waals surface area contributed by atoms with Gasteiger partial charge >= 0.3 is 0 Å². The molecular formula is C20H28N2OS. The lowest BCUT2D eigenvalue weighted by molar-refractivity contribution is 0.0489. The van der Waals surface area contributed by atoms with E-state index in [-0.39, 0.29) is 0 Å². The molecule has 0 amide bonds. The van der Waals surface area contributed by atoms with E-state index in [4.69, 9.17) is 4.74 Å². The van der Waals surface area contributed by atoms with Crippen LogP contribution in [0.5, 0.6) is 0 Å². The standard InChI is InChI=1S/C20H28N2OS/c1-3-23-16-20(8-6-19-7-12-24-17(19)2)9-11-22(15-20)14-18-5-4-10-21-13-18/h4-5,7,10,12-13H,3,6,8-9,11,14-16H2,1-2H3. The van der Waals surface area contributed by atoms with Gasteiger partial charge in [-0.2, -0.15) is 0 Å². The molecule has 4 heteroatoms. The number of hydrogen-bond donors (Lipinski definition) is 0. The van der Waals surface area contributed by atoms with Gasteiger partial charge in [0.2, 0.25) is 0 Å². The van der Waals surface area contributed by atoms with Gasteiger partial charge in [-0.1, -0.05) is 6.07 Å². The number of ether oxygens (including phenoxy) is 1. The molecule has 1 atom stereocenters. The highest BCUT2D eigenvalue weighted by Gasteiger charge is 2.38. The van der Waals surface area contributed by atoms with E-state index in [1.54, 1.807) is 0 Å². The number of aryl methyl sites for hydroxylation is 2. The Kier molecular flexibility index (Phi) is 6.04. The molecule has 130 valence electrons. The molecular weight excluding hydrogens is 316 g/mol. The van der Waals surface area contributed by atoms with Gasteiger partial charge in [0.25, 0.3) is 0 Å². The number of aromatic nitrogens is 1. The van der Waals surface area contributed by atoms with E-state index in [0.717, 1.165) is 32.8 Å².